The Hall–Kier alpha value is -1.36. The van der Waals surface area contributed by atoms with E-state index >= 15 is 0 Å². The van der Waals surface area contributed by atoms with Crippen LogP contribution in [0.5, 0.6) is 0 Å². The highest BCUT2D eigenvalue weighted by molar-refractivity contribution is 5.57. The second kappa shape index (κ2) is 7.43. The van der Waals surface area contributed by atoms with E-state index in [1.165, 1.54) is 0 Å². The topological polar surface area (TPSA) is 53.1 Å². The molecule has 0 aliphatic heterocycles. The summed E-state index contributed by atoms with van der Waals surface area (Å²) < 4.78 is 0. The Kier molecular flexibility index (Phi) is 6.20. The largest absolute Gasteiger partial charge is 0.373 e. The zero-order valence-electron chi connectivity index (χ0n) is 13.9. The summed E-state index contributed by atoms with van der Waals surface area (Å²) in [4.78, 5) is 11.4. The Morgan fingerprint density at radius 3 is 2.20 bits per heavy atom. The minimum Gasteiger partial charge on any atom is -0.373 e. The van der Waals surface area contributed by atoms with Gasteiger partial charge >= 0.3 is 0 Å². The van der Waals surface area contributed by atoms with Crippen LogP contribution in [0.1, 0.15) is 32.2 Å². The number of hydrogen-bond donors (Lipinski definition) is 2. The van der Waals surface area contributed by atoms with E-state index in [1.807, 2.05) is 7.05 Å². The molecule has 1 atom stereocenters. The van der Waals surface area contributed by atoms with Crippen molar-refractivity contribution in [3.8, 4) is 0 Å². The third-order valence-corrected chi connectivity index (χ3v) is 3.43. The fourth-order valence-corrected chi connectivity index (χ4v) is 2.10. The second-order valence-electron chi connectivity index (χ2n) is 5.82. The zero-order valence-corrected chi connectivity index (χ0v) is 13.9. The Morgan fingerprint density at radius 1 is 1.15 bits per heavy atom. The van der Waals surface area contributed by atoms with Crippen LogP contribution in [-0.4, -0.2) is 48.6 Å². The number of likely N-dealkylation sites (N-methyl/N-ethyl adjacent to an activating group) is 1. The van der Waals surface area contributed by atoms with E-state index in [4.69, 9.17) is 0 Å². The summed E-state index contributed by atoms with van der Waals surface area (Å²) in [6.45, 7) is 9.58. The first kappa shape index (κ1) is 16.7. The summed E-state index contributed by atoms with van der Waals surface area (Å²) in [5.74, 6) is 3.26. The molecule has 0 aromatic carbocycles. The molecule has 0 spiro atoms. The monoisotopic (exact) mass is 279 g/mol. The van der Waals surface area contributed by atoms with Crippen LogP contribution in [0.4, 0.5) is 11.6 Å². The number of aromatic nitrogens is 2. The second-order valence-corrected chi connectivity index (χ2v) is 5.82. The third-order valence-electron chi connectivity index (χ3n) is 3.43. The van der Waals surface area contributed by atoms with Crippen molar-refractivity contribution in [3.05, 3.63) is 11.4 Å². The summed E-state index contributed by atoms with van der Waals surface area (Å²) in [7, 11) is 6.10. The van der Waals surface area contributed by atoms with Crippen molar-refractivity contribution < 1.29 is 0 Å². The van der Waals surface area contributed by atoms with Gasteiger partial charge in [0.15, 0.2) is 0 Å². The molecule has 0 aliphatic carbocycles. The highest BCUT2D eigenvalue weighted by Gasteiger charge is 2.17. The lowest BCUT2D eigenvalue weighted by atomic mass is 10.0. The molecule has 0 radical (unpaired) electrons. The Balaban J connectivity index is 3.04. The van der Waals surface area contributed by atoms with Gasteiger partial charge in [-0.2, -0.15) is 0 Å². The van der Waals surface area contributed by atoms with Crippen LogP contribution in [0.3, 0.4) is 0 Å². The fraction of sp³-hybridized carbons (Fsp3) is 0.733. The summed E-state index contributed by atoms with van der Waals surface area (Å²) in [6.07, 6.45) is 0.837. The maximum atomic E-state index is 4.65. The summed E-state index contributed by atoms with van der Waals surface area (Å²) in [6, 6.07) is 0.369. The number of nitrogens with one attached hydrogen (secondary N) is 2. The van der Waals surface area contributed by atoms with Gasteiger partial charge in [0, 0.05) is 31.6 Å². The minimum atomic E-state index is 0.369. The molecule has 1 aromatic heterocycles. The Morgan fingerprint density at radius 2 is 1.75 bits per heavy atom. The molecule has 1 aromatic rings. The Labute approximate surface area is 123 Å². The van der Waals surface area contributed by atoms with Crippen molar-refractivity contribution in [2.75, 3.05) is 38.3 Å². The quantitative estimate of drug-likeness (QED) is 0.802. The number of nitrogens with zero attached hydrogens (tertiary/aromatic N) is 3. The number of anilines is 2. The lowest BCUT2D eigenvalue weighted by Crippen LogP contribution is -2.37. The first-order valence-electron chi connectivity index (χ1n) is 7.35. The maximum Gasteiger partial charge on any atom is 0.135 e. The van der Waals surface area contributed by atoms with Crippen molar-refractivity contribution in [3.63, 3.8) is 0 Å². The van der Waals surface area contributed by atoms with Crippen molar-refractivity contribution in [1.29, 1.82) is 0 Å². The van der Waals surface area contributed by atoms with E-state index in [-0.39, 0.29) is 0 Å². The van der Waals surface area contributed by atoms with E-state index in [0.717, 1.165) is 36.0 Å². The molecule has 0 amide bonds. The molecular formula is C15H29N5. The van der Waals surface area contributed by atoms with Gasteiger partial charge in [-0.1, -0.05) is 20.8 Å². The molecule has 1 unspecified atom stereocenters. The summed E-state index contributed by atoms with van der Waals surface area (Å²) in [5, 5.41) is 6.75. The van der Waals surface area contributed by atoms with Crippen LogP contribution >= 0.6 is 0 Å². The van der Waals surface area contributed by atoms with Crippen LogP contribution in [0, 0.1) is 12.8 Å². The smallest absolute Gasteiger partial charge is 0.135 e. The molecular weight excluding hydrogens is 250 g/mol. The normalized spacial score (nSPS) is 12.8. The number of rotatable bonds is 7. The average Bonchev–Trinajstić information content (AvgIpc) is 2.39. The molecule has 1 heterocycles. The number of aryl methyl sites for hydroxylation is 1. The standard InChI is InChI=1S/C15H29N5/c1-8-13-18-14(16-5)11(4)15(19-13)17-12(10(2)3)9-20(6)7/h10,12H,8-9H2,1-7H3,(H2,16,17,18,19). The molecule has 0 fully saturated rings. The van der Waals surface area contributed by atoms with Crippen molar-refractivity contribution in [2.45, 2.75) is 40.2 Å². The van der Waals surface area contributed by atoms with Gasteiger partial charge in [-0.15, -0.1) is 0 Å². The summed E-state index contributed by atoms with van der Waals surface area (Å²) in [5.41, 5.74) is 1.08. The van der Waals surface area contributed by atoms with Gasteiger partial charge in [0.2, 0.25) is 0 Å². The molecule has 0 saturated carbocycles. The molecule has 5 nitrogen and oxygen atoms in total. The zero-order chi connectivity index (χ0) is 15.3. The number of hydrogen-bond acceptors (Lipinski definition) is 5. The van der Waals surface area contributed by atoms with Gasteiger partial charge < -0.3 is 15.5 Å². The van der Waals surface area contributed by atoms with Crippen LogP contribution in [0.25, 0.3) is 0 Å². The Bertz CT molecular complexity index is 429. The van der Waals surface area contributed by atoms with E-state index in [9.17, 15) is 0 Å². The van der Waals surface area contributed by atoms with Gasteiger partial charge in [-0.3, -0.25) is 0 Å². The minimum absolute atomic E-state index is 0.369. The van der Waals surface area contributed by atoms with Crippen LogP contribution in [0.2, 0.25) is 0 Å². The van der Waals surface area contributed by atoms with E-state index in [0.29, 0.717) is 12.0 Å². The average molecular weight is 279 g/mol. The van der Waals surface area contributed by atoms with E-state index < -0.39 is 0 Å². The molecule has 20 heavy (non-hydrogen) atoms. The molecule has 0 bridgehead atoms. The van der Waals surface area contributed by atoms with Gasteiger partial charge in [0.05, 0.1) is 0 Å². The van der Waals surface area contributed by atoms with Crippen LogP contribution < -0.4 is 10.6 Å². The van der Waals surface area contributed by atoms with Crippen molar-refractivity contribution in [2.24, 2.45) is 5.92 Å². The van der Waals surface area contributed by atoms with Gasteiger partial charge in [-0.25, -0.2) is 9.97 Å². The molecule has 114 valence electrons. The van der Waals surface area contributed by atoms with Gasteiger partial charge in [-0.05, 0) is 26.9 Å². The molecule has 5 heteroatoms. The third kappa shape index (κ3) is 4.34. The summed E-state index contributed by atoms with van der Waals surface area (Å²) >= 11 is 0. The molecule has 0 saturated heterocycles. The van der Waals surface area contributed by atoms with Gasteiger partial charge in [0.25, 0.3) is 0 Å². The highest BCUT2D eigenvalue weighted by atomic mass is 15.1. The predicted octanol–water partition coefficient (Wildman–Crippen LogP) is 2.39. The van der Waals surface area contributed by atoms with E-state index in [1.54, 1.807) is 0 Å². The highest BCUT2D eigenvalue weighted by Crippen LogP contribution is 2.22. The lowest BCUT2D eigenvalue weighted by Gasteiger charge is -2.27. The lowest BCUT2D eigenvalue weighted by molar-refractivity contribution is 0.344. The van der Waals surface area contributed by atoms with Crippen molar-refractivity contribution in [1.82, 2.24) is 14.9 Å². The maximum absolute atomic E-state index is 4.65. The molecule has 1 rings (SSSR count). The first-order valence-corrected chi connectivity index (χ1v) is 7.35. The van der Waals surface area contributed by atoms with Crippen LogP contribution in [-0.2, 0) is 6.42 Å². The van der Waals surface area contributed by atoms with Crippen LogP contribution in [0.15, 0.2) is 0 Å². The fourth-order valence-electron chi connectivity index (χ4n) is 2.10. The first-order chi connectivity index (χ1) is 9.38. The predicted molar refractivity (Wildman–Crippen MR) is 86.5 cm³/mol. The SMILES string of the molecule is CCc1nc(NC)c(C)c(NC(CN(C)C)C(C)C)n1. The molecule has 0 aliphatic rings. The van der Waals surface area contributed by atoms with Gasteiger partial charge in [0.1, 0.15) is 17.5 Å². The van der Waals surface area contributed by atoms with Crippen molar-refractivity contribution >= 4 is 11.6 Å². The van der Waals surface area contributed by atoms with E-state index in [2.05, 4.69) is 67.3 Å². The molecule has 2 N–H and O–H groups in total.